The summed E-state index contributed by atoms with van der Waals surface area (Å²) < 4.78 is 42.5. The molecule has 1 nitrogen and oxygen atoms in total. The van der Waals surface area contributed by atoms with Crippen LogP contribution in [0.3, 0.4) is 0 Å². The number of hydrogen-bond donors (Lipinski definition) is 0. The molecule has 0 radical (unpaired) electrons. The normalized spacial score (nSPS) is 15.5. The molecule has 0 amide bonds. The second-order valence-electron chi connectivity index (χ2n) is 3.58. The molecule has 1 aromatic rings. The van der Waals surface area contributed by atoms with Crippen LogP contribution in [0.2, 0.25) is 5.02 Å². The average molecular weight is 275 g/mol. The van der Waals surface area contributed by atoms with E-state index in [0.29, 0.717) is 0 Å². The Morgan fingerprint density at radius 1 is 1.25 bits per heavy atom. The van der Waals surface area contributed by atoms with Crippen molar-refractivity contribution in [2.45, 2.75) is 18.9 Å². The van der Waals surface area contributed by atoms with Gasteiger partial charge < -0.3 is 17.7 Å². The van der Waals surface area contributed by atoms with Crippen molar-refractivity contribution in [2.24, 2.45) is 0 Å². The Balaban J connectivity index is 0.00000128. The van der Waals surface area contributed by atoms with Crippen LogP contribution in [0.15, 0.2) is 18.2 Å². The van der Waals surface area contributed by atoms with Crippen LogP contribution in [-0.4, -0.2) is 13.1 Å². The van der Waals surface area contributed by atoms with E-state index < -0.39 is 12.4 Å². The van der Waals surface area contributed by atoms with Crippen molar-refractivity contribution < 1.29 is 69.1 Å². The molecule has 1 saturated carbocycles. The maximum Gasteiger partial charge on any atom is 1.00 e. The minimum atomic E-state index is -4.99. The van der Waals surface area contributed by atoms with Crippen molar-refractivity contribution in [3.63, 3.8) is 0 Å². The van der Waals surface area contributed by atoms with E-state index in [2.05, 4.69) is 0 Å². The summed E-state index contributed by atoms with van der Waals surface area (Å²) in [5.41, 5.74) is -0.671. The van der Waals surface area contributed by atoms with E-state index in [9.17, 15) is 12.9 Å². The SMILES string of the molecule is F[B-](F)(F)c1ccc(Cl)c(OC2CC2)c1.[K+]. The van der Waals surface area contributed by atoms with Crippen molar-refractivity contribution >= 4 is 24.0 Å². The molecule has 1 aromatic carbocycles. The maximum atomic E-state index is 12.4. The van der Waals surface area contributed by atoms with Crippen LogP contribution in [0, 0.1) is 0 Å². The third-order valence-corrected chi connectivity index (χ3v) is 2.46. The number of hydrogen-bond acceptors (Lipinski definition) is 1. The number of ether oxygens (including phenoxy) is 1. The van der Waals surface area contributed by atoms with Gasteiger partial charge in [-0.1, -0.05) is 17.7 Å². The molecule has 0 aliphatic heterocycles. The summed E-state index contributed by atoms with van der Waals surface area (Å²) in [5, 5.41) is 0.228. The zero-order valence-corrected chi connectivity index (χ0v) is 12.6. The van der Waals surface area contributed by atoms with Gasteiger partial charge in [0.25, 0.3) is 0 Å². The third-order valence-electron chi connectivity index (χ3n) is 2.15. The first-order chi connectivity index (χ1) is 6.97. The molecule has 0 unspecified atom stereocenters. The fourth-order valence-corrected chi connectivity index (χ4v) is 1.34. The molecular formula is C9H8BClF3KO. The summed E-state index contributed by atoms with van der Waals surface area (Å²) in [4.78, 5) is 0. The van der Waals surface area contributed by atoms with E-state index >= 15 is 0 Å². The summed E-state index contributed by atoms with van der Waals surface area (Å²) in [5.74, 6) is 0.135. The zero-order chi connectivity index (χ0) is 11.1. The number of halogens is 4. The molecule has 0 spiro atoms. The summed E-state index contributed by atoms with van der Waals surface area (Å²) in [7, 11) is 0. The summed E-state index contributed by atoms with van der Waals surface area (Å²) in [6.07, 6.45) is 1.81. The molecule has 16 heavy (non-hydrogen) atoms. The molecule has 0 heterocycles. The van der Waals surface area contributed by atoms with E-state index in [1.165, 1.54) is 6.07 Å². The van der Waals surface area contributed by atoms with Crippen molar-refractivity contribution in [3.05, 3.63) is 23.2 Å². The van der Waals surface area contributed by atoms with Gasteiger partial charge in [0.15, 0.2) is 0 Å². The predicted octanol–water partition coefficient (Wildman–Crippen LogP) is -0.0604. The van der Waals surface area contributed by atoms with Gasteiger partial charge in [-0.15, -0.1) is 5.46 Å². The quantitative estimate of drug-likeness (QED) is 0.702. The van der Waals surface area contributed by atoms with E-state index in [1.54, 1.807) is 0 Å². The minimum absolute atomic E-state index is 0. The Bertz CT molecular complexity index is 382. The van der Waals surface area contributed by atoms with Gasteiger partial charge in [0, 0.05) is 0 Å². The average Bonchev–Trinajstić information content (AvgIpc) is 2.90. The van der Waals surface area contributed by atoms with Gasteiger partial charge in [0.1, 0.15) is 5.75 Å². The van der Waals surface area contributed by atoms with Crippen molar-refractivity contribution in [1.29, 1.82) is 0 Å². The molecule has 0 N–H and O–H groups in total. The molecule has 1 aliphatic rings. The van der Waals surface area contributed by atoms with E-state index in [-0.39, 0.29) is 68.3 Å². The van der Waals surface area contributed by atoms with Gasteiger partial charge in [0.05, 0.1) is 11.1 Å². The molecule has 1 aliphatic carbocycles. The minimum Gasteiger partial charge on any atom is -0.489 e. The van der Waals surface area contributed by atoms with E-state index in [4.69, 9.17) is 16.3 Å². The van der Waals surface area contributed by atoms with Gasteiger partial charge in [-0.3, -0.25) is 0 Å². The Labute approximate surface area is 139 Å². The predicted molar refractivity (Wildman–Crippen MR) is 53.8 cm³/mol. The fraction of sp³-hybridized carbons (Fsp3) is 0.333. The Morgan fingerprint density at radius 3 is 2.38 bits per heavy atom. The molecule has 2 rings (SSSR count). The molecular weight excluding hydrogens is 266 g/mol. The molecule has 0 saturated heterocycles. The standard InChI is InChI=1S/C9H8BClF3O.K/c11-8-4-1-6(10(12,13)14)5-9(8)15-7-2-3-7;/h1,4-5,7H,2-3H2;/q-1;+1. The third kappa shape index (κ3) is 3.92. The van der Waals surface area contributed by atoms with Crippen molar-refractivity contribution in [1.82, 2.24) is 0 Å². The second-order valence-corrected chi connectivity index (χ2v) is 3.99. The molecule has 7 heteroatoms. The largest absolute Gasteiger partial charge is 1.00 e. The summed E-state index contributed by atoms with van der Waals surface area (Å²) in [6.45, 7) is -4.99. The first-order valence-corrected chi connectivity index (χ1v) is 5.00. The smallest absolute Gasteiger partial charge is 0.489 e. The van der Waals surface area contributed by atoms with Crippen LogP contribution in [0.4, 0.5) is 12.9 Å². The molecule has 1 fully saturated rings. The Morgan fingerprint density at radius 2 is 1.88 bits per heavy atom. The molecule has 0 atom stereocenters. The van der Waals surface area contributed by atoms with Crippen LogP contribution in [0.1, 0.15) is 12.8 Å². The summed E-state index contributed by atoms with van der Waals surface area (Å²) >= 11 is 5.73. The Kier molecular flexibility index (Phi) is 5.23. The zero-order valence-electron chi connectivity index (χ0n) is 8.72. The van der Waals surface area contributed by atoms with Gasteiger partial charge in [0.2, 0.25) is 0 Å². The van der Waals surface area contributed by atoms with Crippen molar-refractivity contribution in [2.75, 3.05) is 0 Å². The fourth-order valence-electron chi connectivity index (χ4n) is 1.18. The van der Waals surface area contributed by atoms with Gasteiger partial charge in [-0.05, 0) is 25.0 Å². The molecule has 0 aromatic heterocycles. The van der Waals surface area contributed by atoms with E-state index in [1.807, 2.05) is 0 Å². The van der Waals surface area contributed by atoms with Crippen LogP contribution >= 0.6 is 11.6 Å². The Hall–Kier alpha value is 0.801. The monoisotopic (exact) mass is 274 g/mol. The first kappa shape index (κ1) is 14.9. The van der Waals surface area contributed by atoms with Crippen LogP contribution in [0.25, 0.3) is 0 Å². The molecule has 0 bridgehead atoms. The van der Waals surface area contributed by atoms with E-state index in [0.717, 1.165) is 25.0 Å². The van der Waals surface area contributed by atoms with Crippen molar-refractivity contribution in [3.8, 4) is 5.75 Å². The van der Waals surface area contributed by atoms with Crippen LogP contribution in [-0.2, 0) is 0 Å². The van der Waals surface area contributed by atoms with Gasteiger partial charge in [-0.2, -0.15) is 0 Å². The maximum absolute atomic E-state index is 12.4. The van der Waals surface area contributed by atoms with Crippen LogP contribution < -0.4 is 61.6 Å². The van der Waals surface area contributed by atoms with Gasteiger partial charge >= 0.3 is 58.4 Å². The topological polar surface area (TPSA) is 9.23 Å². The second kappa shape index (κ2) is 5.63. The van der Waals surface area contributed by atoms with Gasteiger partial charge in [-0.25, -0.2) is 0 Å². The van der Waals surface area contributed by atoms with Crippen LogP contribution in [0.5, 0.6) is 5.75 Å². The number of benzene rings is 1. The first-order valence-electron chi connectivity index (χ1n) is 4.63. The number of rotatable bonds is 3. The molecule has 82 valence electrons. The summed E-state index contributed by atoms with van der Waals surface area (Å²) in [6, 6.07) is 3.17.